The Hall–Kier alpha value is -2.72. The Balaban J connectivity index is 1.80. The molecule has 2 aromatic carbocycles. The average Bonchev–Trinajstić information content (AvgIpc) is 2.90. The van der Waals surface area contributed by atoms with Crippen molar-refractivity contribution in [2.45, 2.75) is 90.0 Å². The van der Waals surface area contributed by atoms with Crippen LogP contribution < -0.4 is 0 Å². The first-order valence-corrected chi connectivity index (χ1v) is 13.5. The highest BCUT2D eigenvalue weighted by Crippen LogP contribution is 2.36. The van der Waals surface area contributed by atoms with Crippen LogP contribution >= 0.6 is 0 Å². The maximum Gasteiger partial charge on any atom is 0.346 e. The molecule has 0 fully saturated rings. The van der Waals surface area contributed by atoms with Gasteiger partial charge in [0.05, 0.1) is 6.61 Å². The summed E-state index contributed by atoms with van der Waals surface area (Å²) in [5.74, 6) is -2.13. The molecule has 36 heavy (non-hydrogen) atoms. The van der Waals surface area contributed by atoms with Gasteiger partial charge in [-0.1, -0.05) is 113 Å². The third-order valence-electron chi connectivity index (χ3n) is 6.73. The Labute approximate surface area is 216 Å². The molecule has 0 N–H and O–H groups in total. The number of alkyl halides is 1. The predicted octanol–water partition coefficient (Wildman–Crippen LogP) is 8.84. The molecule has 2 atom stereocenters. The van der Waals surface area contributed by atoms with Crippen LogP contribution in [0.2, 0.25) is 0 Å². The van der Waals surface area contributed by atoms with Crippen LogP contribution in [-0.2, 0) is 14.3 Å². The van der Waals surface area contributed by atoms with Crippen molar-refractivity contribution >= 4 is 11.5 Å². The molecule has 3 rings (SSSR count). The van der Waals surface area contributed by atoms with Crippen molar-refractivity contribution in [3.63, 3.8) is 0 Å². The Morgan fingerprint density at radius 1 is 0.917 bits per heavy atom. The molecular weight excluding hydrogens is 451 g/mol. The molecule has 0 aliphatic heterocycles. The van der Waals surface area contributed by atoms with E-state index in [-0.39, 0.29) is 6.42 Å². The van der Waals surface area contributed by atoms with E-state index in [2.05, 4.69) is 38.1 Å². The molecule has 1 aliphatic rings. The summed E-state index contributed by atoms with van der Waals surface area (Å²) in [4.78, 5) is 12.9. The number of ether oxygens (including phenoxy) is 2. The monoisotopic (exact) mass is 492 g/mol. The molecule has 0 saturated heterocycles. The SMILES string of the molecule is CCCCCCOC1(OC(=O)C(C)(F)CCCCC)C=CC(c2ccccc2-c2ccccc2)=CC1. The molecule has 4 heteroatoms. The van der Waals surface area contributed by atoms with Crippen LogP contribution in [0, 0.1) is 0 Å². The van der Waals surface area contributed by atoms with Gasteiger partial charge in [0.1, 0.15) is 0 Å². The van der Waals surface area contributed by atoms with Gasteiger partial charge in [-0.2, -0.15) is 0 Å². The zero-order valence-electron chi connectivity index (χ0n) is 22.1. The number of rotatable bonds is 14. The van der Waals surface area contributed by atoms with E-state index in [0.29, 0.717) is 19.4 Å². The van der Waals surface area contributed by atoms with E-state index in [4.69, 9.17) is 9.47 Å². The third-order valence-corrected chi connectivity index (χ3v) is 6.73. The summed E-state index contributed by atoms with van der Waals surface area (Å²) in [7, 11) is 0. The lowest BCUT2D eigenvalue weighted by atomic mass is 9.90. The summed E-state index contributed by atoms with van der Waals surface area (Å²) in [5, 5.41) is 0. The fourth-order valence-corrected chi connectivity index (χ4v) is 4.47. The molecule has 0 saturated carbocycles. The second-order valence-corrected chi connectivity index (χ2v) is 9.87. The number of halogens is 1. The number of hydrogen-bond acceptors (Lipinski definition) is 3. The Morgan fingerprint density at radius 3 is 2.25 bits per heavy atom. The van der Waals surface area contributed by atoms with E-state index in [9.17, 15) is 4.79 Å². The third kappa shape index (κ3) is 7.64. The number of esters is 1. The molecular formula is C32H41FO3. The van der Waals surface area contributed by atoms with Gasteiger partial charge in [-0.25, -0.2) is 9.18 Å². The average molecular weight is 493 g/mol. The van der Waals surface area contributed by atoms with Crippen molar-refractivity contribution in [2.24, 2.45) is 0 Å². The molecule has 194 valence electrons. The first-order chi connectivity index (χ1) is 17.4. The molecule has 0 bridgehead atoms. The molecule has 0 spiro atoms. The van der Waals surface area contributed by atoms with Gasteiger partial charge in [-0.05, 0) is 54.5 Å². The van der Waals surface area contributed by atoms with E-state index in [1.807, 2.05) is 42.5 Å². The van der Waals surface area contributed by atoms with E-state index < -0.39 is 17.4 Å². The van der Waals surface area contributed by atoms with Crippen LogP contribution in [0.1, 0.15) is 84.1 Å². The fraction of sp³-hybridized carbons (Fsp3) is 0.469. The number of benzene rings is 2. The summed E-state index contributed by atoms with van der Waals surface area (Å²) < 4.78 is 27.2. The molecule has 2 unspecified atom stereocenters. The quantitative estimate of drug-likeness (QED) is 0.150. The molecule has 0 amide bonds. The molecule has 3 nitrogen and oxygen atoms in total. The highest BCUT2D eigenvalue weighted by molar-refractivity contribution is 5.86. The van der Waals surface area contributed by atoms with E-state index >= 15 is 4.39 Å². The first-order valence-electron chi connectivity index (χ1n) is 13.5. The zero-order chi connectivity index (χ0) is 25.9. The van der Waals surface area contributed by atoms with Gasteiger partial charge in [-0.3, -0.25) is 0 Å². The summed E-state index contributed by atoms with van der Waals surface area (Å²) in [6.45, 7) is 6.00. The van der Waals surface area contributed by atoms with Gasteiger partial charge in [-0.15, -0.1) is 0 Å². The van der Waals surface area contributed by atoms with Crippen molar-refractivity contribution in [3.05, 3.63) is 78.4 Å². The second-order valence-electron chi connectivity index (χ2n) is 9.87. The van der Waals surface area contributed by atoms with Gasteiger partial charge in [0.15, 0.2) is 0 Å². The maximum absolute atomic E-state index is 15.2. The minimum Gasteiger partial charge on any atom is -0.427 e. The molecule has 0 aromatic heterocycles. The van der Waals surface area contributed by atoms with Crippen LogP contribution in [0.25, 0.3) is 16.7 Å². The Bertz CT molecular complexity index is 1020. The van der Waals surface area contributed by atoms with Crippen molar-refractivity contribution < 1.29 is 18.7 Å². The highest BCUT2D eigenvalue weighted by Gasteiger charge is 2.42. The Morgan fingerprint density at radius 2 is 1.58 bits per heavy atom. The number of allylic oxidation sites excluding steroid dienone is 2. The standard InChI is InChI=1S/C32H41FO3/c1-4-6-8-15-25-35-32(36-30(34)31(3,33)22-14-7-5-2)23-20-27(21-24-32)29-19-13-12-18-28(29)26-16-10-9-11-17-26/h9-13,16-21,23H,4-8,14-15,22,24-25H2,1-3H3. The van der Waals surface area contributed by atoms with Gasteiger partial charge < -0.3 is 9.47 Å². The van der Waals surface area contributed by atoms with Crippen molar-refractivity contribution in [1.29, 1.82) is 0 Å². The van der Waals surface area contributed by atoms with Crippen LogP contribution in [0.3, 0.4) is 0 Å². The summed E-state index contributed by atoms with van der Waals surface area (Å²) in [6, 6.07) is 18.5. The van der Waals surface area contributed by atoms with E-state index in [1.165, 1.54) is 6.92 Å². The van der Waals surface area contributed by atoms with Gasteiger partial charge >= 0.3 is 5.97 Å². The molecule has 0 radical (unpaired) electrons. The molecule has 2 aromatic rings. The summed E-state index contributed by atoms with van der Waals surface area (Å²) in [6.07, 6.45) is 13.0. The molecule has 1 aliphatic carbocycles. The smallest absolute Gasteiger partial charge is 0.346 e. The topological polar surface area (TPSA) is 35.5 Å². The lowest BCUT2D eigenvalue weighted by Crippen LogP contribution is -2.43. The predicted molar refractivity (Wildman–Crippen MR) is 146 cm³/mol. The van der Waals surface area contributed by atoms with Crippen molar-refractivity contribution in [1.82, 2.24) is 0 Å². The summed E-state index contributed by atoms with van der Waals surface area (Å²) in [5.41, 5.74) is 2.36. The number of hydrogen-bond donors (Lipinski definition) is 0. The lowest BCUT2D eigenvalue weighted by molar-refractivity contribution is -0.219. The number of unbranched alkanes of at least 4 members (excludes halogenated alkanes) is 5. The second kappa shape index (κ2) is 13.5. The van der Waals surface area contributed by atoms with Crippen LogP contribution in [0.4, 0.5) is 4.39 Å². The Kier molecular flexibility index (Phi) is 10.5. The van der Waals surface area contributed by atoms with Gasteiger partial charge in [0, 0.05) is 6.42 Å². The maximum atomic E-state index is 15.2. The van der Waals surface area contributed by atoms with Crippen molar-refractivity contribution in [2.75, 3.05) is 6.61 Å². The fourth-order valence-electron chi connectivity index (χ4n) is 4.47. The van der Waals surface area contributed by atoms with Gasteiger partial charge in [0.2, 0.25) is 11.5 Å². The first kappa shape index (κ1) is 27.9. The summed E-state index contributed by atoms with van der Waals surface area (Å²) >= 11 is 0. The zero-order valence-corrected chi connectivity index (χ0v) is 22.1. The highest BCUT2D eigenvalue weighted by atomic mass is 19.1. The minimum absolute atomic E-state index is 0.154. The van der Waals surface area contributed by atoms with E-state index in [0.717, 1.165) is 60.8 Å². The van der Waals surface area contributed by atoms with Crippen LogP contribution in [0.5, 0.6) is 0 Å². The molecule has 0 heterocycles. The largest absolute Gasteiger partial charge is 0.427 e. The number of carbonyl (C=O) groups is 1. The van der Waals surface area contributed by atoms with Crippen LogP contribution in [0.15, 0.2) is 72.8 Å². The minimum atomic E-state index is -2.04. The lowest BCUT2D eigenvalue weighted by Gasteiger charge is -2.34. The van der Waals surface area contributed by atoms with Gasteiger partial charge in [0.25, 0.3) is 0 Å². The normalized spacial score (nSPS) is 18.9. The van der Waals surface area contributed by atoms with Crippen molar-refractivity contribution in [3.8, 4) is 11.1 Å². The number of carbonyl (C=O) groups excluding carboxylic acids is 1. The van der Waals surface area contributed by atoms with Crippen LogP contribution in [-0.4, -0.2) is 24.0 Å². The van der Waals surface area contributed by atoms with E-state index in [1.54, 1.807) is 6.08 Å².